The molecule has 1 aliphatic heterocycles. The van der Waals surface area contributed by atoms with Gasteiger partial charge in [-0.3, -0.25) is 0 Å². The first-order valence-corrected chi connectivity index (χ1v) is 5.80. The van der Waals surface area contributed by atoms with E-state index >= 15 is 0 Å². The topological polar surface area (TPSA) is 15.3 Å². The molecule has 2 aliphatic rings. The maximum atomic E-state index is 3.50. The van der Waals surface area contributed by atoms with Gasteiger partial charge in [0, 0.05) is 32.2 Å². The highest BCUT2D eigenvalue weighted by Gasteiger charge is 2.21. The van der Waals surface area contributed by atoms with E-state index in [2.05, 4.69) is 17.1 Å². The van der Waals surface area contributed by atoms with Gasteiger partial charge in [0.05, 0.1) is 0 Å². The molecule has 76 valence electrons. The van der Waals surface area contributed by atoms with Gasteiger partial charge in [-0.05, 0) is 25.7 Å². The lowest BCUT2D eigenvalue weighted by Crippen LogP contribution is -2.50. The molecule has 1 saturated carbocycles. The molecule has 2 fully saturated rings. The fourth-order valence-corrected chi connectivity index (χ4v) is 2.74. The molecule has 0 bridgehead atoms. The third kappa shape index (κ3) is 2.68. The molecule has 0 radical (unpaired) electrons. The van der Waals surface area contributed by atoms with E-state index in [0.29, 0.717) is 6.04 Å². The first kappa shape index (κ1) is 9.47. The van der Waals surface area contributed by atoms with Gasteiger partial charge in [0.25, 0.3) is 0 Å². The van der Waals surface area contributed by atoms with Crippen LogP contribution in [-0.2, 0) is 0 Å². The summed E-state index contributed by atoms with van der Waals surface area (Å²) in [5.41, 5.74) is 0. The predicted molar refractivity (Wildman–Crippen MR) is 55.9 cm³/mol. The van der Waals surface area contributed by atoms with E-state index in [0.717, 1.165) is 5.92 Å². The van der Waals surface area contributed by atoms with Crippen molar-refractivity contribution in [3.8, 4) is 0 Å². The Morgan fingerprint density at radius 2 is 2.08 bits per heavy atom. The Bertz CT molecular complexity index is 152. The molecule has 1 heterocycles. The summed E-state index contributed by atoms with van der Waals surface area (Å²) < 4.78 is 0. The first-order valence-electron chi connectivity index (χ1n) is 5.80. The lowest BCUT2D eigenvalue weighted by molar-refractivity contribution is 0.179. The van der Waals surface area contributed by atoms with Gasteiger partial charge in [-0.25, -0.2) is 0 Å². The number of nitrogens with zero attached hydrogens (tertiary/aromatic N) is 1. The molecule has 1 aliphatic carbocycles. The monoisotopic (exact) mass is 182 g/mol. The SMILES string of the molecule is C[C@@H]1CN(CC2CCCC2)CCN1. The van der Waals surface area contributed by atoms with Crippen LogP contribution in [0, 0.1) is 5.92 Å². The highest BCUT2D eigenvalue weighted by Crippen LogP contribution is 2.25. The maximum absolute atomic E-state index is 3.50. The molecule has 0 aromatic carbocycles. The van der Waals surface area contributed by atoms with Crippen molar-refractivity contribution in [3.05, 3.63) is 0 Å². The molecule has 13 heavy (non-hydrogen) atoms. The van der Waals surface area contributed by atoms with E-state index in [-0.39, 0.29) is 0 Å². The van der Waals surface area contributed by atoms with Crippen molar-refractivity contribution in [3.63, 3.8) is 0 Å². The summed E-state index contributed by atoms with van der Waals surface area (Å²) in [5.74, 6) is 1.02. The zero-order valence-electron chi connectivity index (χ0n) is 8.76. The van der Waals surface area contributed by atoms with Crippen molar-refractivity contribution < 1.29 is 0 Å². The smallest absolute Gasteiger partial charge is 0.0167 e. The standard InChI is InChI=1S/C11H22N2/c1-10-8-13(7-6-12-10)9-11-4-2-3-5-11/h10-12H,2-9H2,1H3/t10-/m1/s1. The molecule has 0 aromatic rings. The fourth-order valence-electron chi connectivity index (χ4n) is 2.74. The zero-order chi connectivity index (χ0) is 9.10. The van der Waals surface area contributed by atoms with Crippen molar-refractivity contribution >= 4 is 0 Å². The molecule has 2 rings (SSSR count). The van der Waals surface area contributed by atoms with Crippen LogP contribution in [-0.4, -0.2) is 37.1 Å². The molecule has 0 unspecified atom stereocenters. The Morgan fingerprint density at radius 3 is 2.77 bits per heavy atom. The number of piperazine rings is 1. The summed E-state index contributed by atoms with van der Waals surface area (Å²) in [6.45, 7) is 7.37. The molecule has 2 nitrogen and oxygen atoms in total. The minimum absolute atomic E-state index is 0.704. The molecule has 0 aromatic heterocycles. The zero-order valence-corrected chi connectivity index (χ0v) is 8.76. The third-order valence-corrected chi connectivity index (χ3v) is 3.44. The van der Waals surface area contributed by atoms with E-state index in [4.69, 9.17) is 0 Å². The number of nitrogens with one attached hydrogen (secondary N) is 1. The second-order valence-electron chi connectivity index (χ2n) is 4.77. The van der Waals surface area contributed by atoms with Gasteiger partial charge in [0.1, 0.15) is 0 Å². The summed E-state index contributed by atoms with van der Waals surface area (Å²) in [6, 6.07) is 0.704. The molecule has 1 N–H and O–H groups in total. The summed E-state index contributed by atoms with van der Waals surface area (Å²) in [4.78, 5) is 2.65. The minimum atomic E-state index is 0.704. The summed E-state index contributed by atoms with van der Waals surface area (Å²) in [6.07, 6.45) is 5.93. The highest BCUT2D eigenvalue weighted by molar-refractivity contribution is 4.78. The largest absolute Gasteiger partial charge is 0.312 e. The molecule has 1 saturated heterocycles. The molecule has 1 atom stereocenters. The first-order chi connectivity index (χ1) is 6.34. The van der Waals surface area contributed by atoms with E-state index < -0.39 is 0 Å². The Hall–Kier alpha value is -0.0800. The van der Waals surface area contributed by atoms with Gasteiger partial charge in [0.2, 0.25) is 0 Å². The van der Waals surface area contributed by atoms with Crippen LogP contribution in [0.1, 0.15) is 32.6 Å². The van der Waals surface area contributed by atoms with Crippen LogP contribution in [0.3, 0.4) is 0 Å². The maximum Gasteiger partial charge on any atom is 0.0167 e. The normalized spacial score (nSPS) is 32.5. The third-order valence-electron chi connectivity index (χ3n) is 3.44. The Kier molecular flexibility index (Phi) is 3.23. The Morgan fingerprint density at radius 1 is 1.31 bits per heavy atom. The number of hydrogen-bond donors (Lipinski definition) is 1. The predicted octanol–water partition coefficient (Wildman–Crippen LogP) is 1.47. The Balaban J connectivity index is 1.73. The number of hydrogen-bond acceptors (Lipinski definition) is 2. The fraction of sp³-hybridized carbons (Fsp3) is 1.00. The van der Waals surface area contributed by atoms with Crippen molar-refractivity contribution in [1.82, 2.24) is 10.2 Å². The van der Waals surface area contributed by atoms with Crippen molar-refractivity contribution in [2.45, 2.75) is 38.6 Å². The molecule has 0 spiro atoms. The minimum Gasteiger partial charge on any atom is -0.312 e. The van der Waals surface area contributed by atoms with Crippen LogP contribution < -0.4 is 5.32 Å². The summed E-state index contributed by atoms with van der Waals surface area (Å²) in [5, 5.41) is 3.50. The van der Waals surface area contributed by atoms with Crippen LogP contribution in [0.4, 0.5) is 0 Å². The van der Waals surface area contributed by atoms with E-state index in [1.54, 1.807) is 0 Å². The van der Waals surface area contributed by atoms with Gasteiger partial charge in [0.15, 0.2) is 0 Å². The molecule has 2 heteroatoms. The summed E-state index contributed by atoms with van der Waals surface area (Å²) in [7, 11) is 0. The second-order valence-corrected chi connectivity index (χ2v) is 4.77. The van der Waals surface area contributed by atoms with Crippen molar-refractivity contribution in [2.24, 2.45) is 5.92 Å². The van der Waals surface area contributed by atoms with Crippen LogP contribution in [0.5, 0.6) is 0 Å². The quantitative estimate of drug-likeness (QED) is 0.695. The van der Waals surface area contributed by atoms with Crippen LogP contribution >= 0.6 is 0 Å². The van der Waals surface area contributed by atoms with Gasteiger partial charge in [-0.15, -0.1) is 0 Å². The second kappa shape index (κ2) is 4.43. The van der Waals surface area contributed by atoms with Gasteiger partial charge in [-0.1, -0.05) is 12.8 Å². The molecular formula is C11H22N2. The van der Waals surface area contributed by atoms with Crippen molar-refractivity contribution in [2.75, 3.05) is 26.2 Å². The Labute approximate surface area is 81.7 Å². The van der Waals surface area contributed by atoms with Crippen LogP contribution in [0.15, 0.2) is 0 Å². The van der Waals surface area contributed by atoms with E-state index in [1.165, 1.54) is 51.9 Å². The van der Waals surface area contributed by atoms with Gasteiger partial charge >= 0.3 is 0 Å². The van der Waals surface area contributed by atoms with Crippen LogP contribution in [0.2, 0.25) is 0 Å². The summed E-state index contributed by atoms with van der Waals surface area (Å²) >= 11 is 0. The lowest BCUT2D eigenvalue weighted by atomic mass is 10.1. The van der Waals surface area contributed by atoms with Crippen LogP contribution in [0.25, 0.3) is 0 Å². The van der Waals surface area contributed by atoms with E-state index in [9.17, 15) is 0 Å². The average molecular weight is 182 g/mol. The number of rotatable bonds is 2. The average Bonchev–Trinajstić information content (AvgIpc) is 2.57. The lowest BCUT2D eigenvalue weighted by Gasteiger charge is -2.33. The van der Waals surface area contributed by atoms with E-state index in [1.807, 2.05) is 0 Å². The molecular weight excluding hydrogens is 160 g/mol. The highest BCUT2D eigenvalue weighted by atomic mass is 15.2. The molecule has 0 amide bonds. The van der Waals surface area contributed by atoms with Crippen molar-refractivity contribution in [1.29, 1.82) is 0 Å². The van der Waals surface area contributed by atoms with Gasteiger partial charge in [-0.2, -0.15) is 0 Å². The van der Waals surface area contributed by atoms with Gasteiger partial charge < -0.3 is 10.2 Å².